The Kier molecular flexibility index (Phi) is 3.97. The van der Waals surface area contributed by atoms with Crippen LogP contribution in [0.1, 0.15) is 29.5 Å². The Balaban J connectivity index is 1.88. The van der Waals surface area contributed by atoms with Crippen LogP contribution in [0.5, 0.6) is 0 Å². The van der Waals surface area contributed by atoms with Crippen molar-refractivity contribution in [2.45, 2.75) is 39.4 Å². The zero-order valence-corrected chi connectivity index (χ0v) is 10.3. The van der Waals surface area contributed by atoms with Gasteiger partial charge in [-0.3, -0.25) is 0 Å². The summed E-state index contributed by atoms with van der Waals surface area (Å²) in [5, 5.41) is 3.35. The molecule has 1 saturated heterocycles. The number of benzene rings is 1. The molecule has 0 aromatic heterocycles. The largest absolute Gasteiger partial charge is 0.373 e. The maximum Gasteiger partial charge on any atom is 0.0720 e. The molecule has 0 unspecified atom stereocenters. The van der Waals surface area contributed by atoms with Gasteiger partial charge < -0.3 is 10.1 Å². The third-order valence-electron chi connectivity index (χ3n) is 3.05. The van der Waals surface area contributed by atoms with E-state index in [1.54, 1.807) is 0 Å². The molecule has 1 aliphatic heterocycles. The van der Waals surface area contributed by atoms with Crippen LogP contribution < -0.4 is 5.32 Å². The Hall–Kier alpha value is -0.860. The van der Waals surface area contributed by atoms with Crippen molar-refractivity contribution in [3.05, 3.63) is 34.9 Å². The molecular formula is C14H21NO. The van der Waals surface area contributed by atoms with E-state index >= 15 is 0 Å². The fourth-order valence-electron chi connectivity index (χ4n) is 2.33. The van der Waals surface area contributed by atoms with Gasteiger partial charge in [0, 0.05) is 0 Å². The summed E-state index contributed by atoms with van der Waals surface area (Å²) in [6.45, 7) is 7.23. The van der Waals surface area contributed by atoms with E-state index in [9.17, 15) is 0 Å². The van der Waals surface area contributed by atoms with Crippen LogP contribution >= 0.6 is 0 Å². The summed E-state index contributed by atoms with van der Waals surface area (Å²) in [6.07, 6.45) is 2.73. The highest BCUT2D eigenvalue weighted by Gasteiger charge is 2.13. The number of ether oxygens (including phenoxy) is 1. The minimum absolute atomic E-state index is 0.446. The lowest BCUT2D eigenvalue weighted by Crippen LogP contribution is -2.32. The zero-order valence-electron chi connectivity index (χ0n) is 10.3. The molecule has 16 heavy (non-hydrogen) atoms. The molecule has 0 saturated carbocycles. The van der Waals surface area contributed by atoms with Crippen molar-refractivity contribution in [1.29, 1.82) is 0 Å². The number of piperidine rings is 1. The smallest absolute Gasteiger partial charge is 0.0720 e. The predicted octanol–water partition coefficient (Wildman–Crippen LogP) is 2.57. The van der Waals surface area contributed by atoms with Crippen molar-refractivity contribution in [3.8, 4) is 0 Å². The van der Waals surface area contributed by atoms with Crippen LogP contribution in [0.2, 0.25) is 0 Å². The topological polar surface area (TPSA) is 21.3 Å². The van der Waals surface area contributed by atoms with Gasteiger partial charge in [-0.1, -0.05) is 29.3 Å². The highest BCUT2D eigenvalue weighted by Crippen LogP contribution is 2.13. The maximum absolute atomic E-state index is 5.94. The second kappa shape index (κ2) is 5.46. The molecule has 1 fully saturated rings. The van der Waals surface area contributed by atoms with Gasteiger partial charge in [0.25, 0.3) is 0 Å². The second-order valence-electron chi connectivity index (χ2n) is 4.76. The average Bonchev–Trinajstić information content (AvgIpc) is 2.27. The average molecular weight is 219 g/mol. The molecule has 0 atom stereocenters. The first-order valence-electron chi connectivity index (χ1n) is 6.13. The van der Waals surface area contributed by atoms with Crippen LogP contribution in [-0.4, -0.2) is 19.2 Å². The summed E-state index contributed by atoms with van der Waals surface area (Å²) >= 11 is 0. The van der Waals surface area contributed by atoms with E-state index in [1.807, 2.05) is 0 Å². The van der Waals surface area contributed by atoms with Crippen molar-refractivity contribution < 1.29 is 4.74 Å². The standard InChI is InChI=1S/C14H21NO/c1-11-7-12(2)9-13(8-11)10-16-14-3-5-15-6-4-14/h7-9,14-15H,3-6,10H2,1-2H3. The lowest BCUT2D eigenvalue weighted by molar-refractivity contribution is 0.0212. The molecule has 0 bridgehead atoms. The normalized spacial score (nSPS) is 17.6. The van der Waals surface area contributed by atoms with E-state index in [0.717, 1.165) is 32.5 Å². The highest BCUT2D eigenvalue weighted by molar-refractivity contribution is 5.27. The Morgan fingerprint density at radius 2 is 1.75 bits per heavy atom. The van der Waals surface area contributed by atoms with Crippen molar-refractivity contribution >= 4 is 0 Å². The fraction of sp³-hybridized carbons (Fsp3) is 0.571. The fourth-order valence-corrected chi connectivity index (χ4v) is 2.33. The molecule has 1 aliphatic rings. The maximum atomic E-state index is 5.94. The molecule has 2 heteroatoms. The Bertz CT molecular complexity index is 322. The van der Waals surface area contributed by atoms with Crippen LogP contribution in [0.4, 0.5) is 0 Å². The Labute approximate surface area is 98.0 Å². The number of hydrogen-bond acceptors (Lipinski definition) is 2. The zero-order chi connectivity index (χ0) is 11.4. The summed E-state index contributed by atoms with van der Waals surface area (Å²) in [6, 6.07) is 6.64. The summed E-state index contributed by atoms with van der Waals surface area (Å²) < 4.78 is 5.94. The summed E-state index contributed by atoms with van der Waals surface area (Å²) in [5.41, 5.74) is 3.95. The van der Waals surface area contributed by atoms with E-state index < -0.39 is 0 Å². The van der Waals surface area contributed by atoms with Crippen LogP contribution in [0, 0.1) is 13.8 Å². The molecule has 88 valence electrons. The molecule has 1 N–H and O–H groups in total. The van der Waals surface area contributed by atoms with Gasteiger partial charge in [-0.2, -0.15) is 0 Å². The predicted molar refractivity (Wildman–Crippen MR) is 66.6 cm³/mol. The van der Waals surface area contributed by atoms with Crippen molar-refractivity contribution in [1.82, 2.24) is 5.32 Å². The number of nitrogens with one attached hydrogen (secondary N) is 1. The van der Waals surface area contributed by atoms with Crippen molar-refractivity contribution in [2.75, 3.05) is 13.1 Å². The molecule has 2 nitrogen and oxygen atoms in total. The van der Waals surface area contributed by atoms with Gasteiger partial charge in [-0.15, -0.1) is 0 Å². The Morgan fingerprint density at radius 3 is 2.38 bits per heavy atom. The third kappa shape index (κ3) is 3.32. The molecular weight excluding hydrogens is 198 g/mol. The minimum Gasteiger partial charge on any atom is -0.373 e. The van der Waals surface area contributed by atoms with E-state index in [2.05, 4.69) is 37.4 Å². The quantitative estimate of drug-likeness (QED) is 0.843. The van der Waals surface area contributed by atoms with Gasteiger partial charge >= 0.3 is 0 Å². The second-order valence-corrected chi connectivity index (χ2v) is 4.76. The molecule has 1 heterocycles. The van der Waals surface area contributed by atoms with Gasteiger partial charge in [-0.05, 0) is 45.3 Å². The van der Waals surface area contributed by atoms with Gasteiger partial charge in [0.1, 0.15) is 0 Å². The first kappa shape index (κ1) is 11.6. The molecule has 1 aromatic carbocycles. The third-order valence-corrected chi connectivity index (χ3v) is 3.05. The van der Waals surface area contributed by atoms with E-state index in [1.165, 1.54) is 16.7 Å². The van der Waals surface area contributed by atoms with Crippen LogP contribution in [0.15, 0.2) is 18.2 Å². The van der Waals surface area contributed by atoms with E-state index in [0.29, 0.717) is 6.10 Å². The summed E-state index contributed by atoms with van der Waals surface area (Å²) in [7, 11) is 0. The number of hydrogen-bond donors (Lipinski definition) is 1. The van der Waals surface area contributed by atoms with Crippen molar-refractivity contribution in [3.63, 3.8) is 0 Å². The lowest BCUT2D eigenvalue weighted by Gasteiger charge is -2.23. The van der Waals surface area contributed by atoms with E-state index in [-0.39, 0.29) is 0 Å². The lowest BCUT2D eigenvalue weighted by atomic mass is 10.1. The van der Waals surface area contributed by atoms with E-state index in [4.69, 9.17) is 4.74 Å². The summed E-state index contributed by atoms with van der Waals surface area (Å²) in [4.78, 5) is 0. The minimum atomic E-state index is 0.446. The first-order chi connectivity index (χ1) is 7.74. The summed E-state index contributed by atoms with van der Waals surface area (Å²) in [5.74, 6) is 0. The monoisotopic (exact) mass is 219 g/mol. The molecule has 0 radical (unpaired) electrons. The Morgan fingerprint density at radius 1 is 1.12 bits per heavy atom. The highest BCUT2D eigenvalue weighted by atomic mass is 16.5. The van der Waals surface area contributed by atoms with Gasteiger partial charge in [0.05, 0.1) is 12.7 Å². The van der Waals surface area contributed by atoms with Crippen LogP contribution in [0.3, 0.4) is 0 Å². The van der Waals surface area contributed by atoms with Gasteiger partial charge in [0.2, 0.25) is 0 Å². The van der Waals surface area contributed by atoms with Gasteiger partial charge in [0.15, 0.2) is 0 Å². The van der Waals surface area contributed by atoms with Gasteiger partial charge in [-0.25, -0.2) is 0 Å². The molecule has 0 aliphatic carbocycles. The molecule has 0 amide bonds. The van der Waals surface area contributed by atoms with Crippen molar-refractivity contribution in [2.24, 2.45) is 0 Å². The SMILES string of the molecule is Cc1cc(C)cc(COC2CCNCC2)c1. The molecule has 0 spiro atoms. The molecule has 1 aromatic rings. The molecule has 2 rings (SSSR count). The van der Waals surface area contributed by atoms with Crippen LogP contribution in [0.25, 0.3) is 0 Å². The first-order valence-corrected chi connectivity index (χ1v) is 6.13. The number of aryl methyl sites for hydroxylation is 2. The van der Waals surface area contributed by atoms with Crippen LogP contribution in [-0.2, 0) is 11.3 Å². The number of rotatable bonds is 3.